The Bertz CT molecular complexity index is 272. The summed E-state index contributed by atoms with van der Waals surface area (Å²) in [7, 11) is 0. The third-order valence-electron chi connectivity index (χ3n) is 2.29. The monoisotopic (exact) mass is 167 g/mol. The number of aliphatic hydroxyl groups excluding tert-OH is 1. The Morgan fingerprint density at radius 2 is 2.42 bits per heavy atom. The van der Waals surface area contributed by atoms with Crippen molar-refractivity contribution in [2.24, 2.45) is 5.92 Å². The Morgan fingerprint density at radius 3 is 2.92 bits per heavy atom. The summed E-state index contributed by atoms with van der Waals surface area (Å²) in [4.78, 5) is 3.95. The van der Waals surface area contributed by atoms with Crippen LogP contribution in [-0.2, 0) is 0 Å². The van der Waals surface area contributed by atoms with Gasteiger partial charge in [-0.2, -0.15) is 0 Å². The Hall–Kier alpha value is -0.960. The van der Waals surface area contributed by atoms with Crippen molar-refractivity contribution in [2.75, 3.05) is 6.61 Å². The summed E-state index contributed by atoms with van der Waals surface area (Å²) in [6, 6.07) is 3.10. The third kappa shape index (κ3) is 1.32. The largest absolute Gasteiger partial charge is 0.396 e. The molecule has 0 aliphatic heterocycles. The molecule has 0 aromatic carbocycles. The van der Waals surface area contributed by atoms with Gasteiger partial charge in [0.1, 0.15) is 5.82 Å². The molecule has 0 saturated heterocycles. The second-order valence-electron chi connectivity index (χ2n) is 3.19. The summed E-state index contributed by atoms with van der Waals surface area (Å²) in [6.07, 6.45) is 2.21. The van der Waals surface area contributed by atoms with Crippen LogP contribution in [0.3, 0.4) is 0 Å². The smallest absolute Gasteiger partial charge is 0.141 e. The third-order valence-corrected chi connectivity index (χ3v) is 2.29. The van der Waals surface area contributed by atoms with Crippen molar-refractivity contribution in [3.63, 3.8) is 0 Å². The van der Waals surface area contributed by atoms with E-state index < -0.39 is 0 Å². The molecular formula is C9H10FNO. The number of halogens is 1. The van der Waals surface area contributed by atoms with Crippen LogP contribution in [0.25, 0.3) is 0 Å². The van der Waals surface area contributed by atoms with E-state index >= 15 is 0 Å². The number of hydrogen-bond donors (Lipinski definition) is 1. The molecule has 1 aliphatic carbocycles. The number of rotatable bonds is 2. The number of hydrogen-bond acceptors (Lipinski definition) is 2. The average molecular weight is 167 g/mol. The summed E-state index contributed by atoms with van der Waals surface area (Å²) >= 11 is 0. The maximum Gasteiger partial charge on any atom is 0.141 e. The zero-order valence-corrected chi connectivity index (χ0v) is 6.57. The summed E-state index contributed by atoms with van der Waals surface area (Å²) < 4.78 is 12.4. The molecule has 64 valence electrons. The molecule has 1 aromatic heterocycles. The minimum atomic E-state index is -0.306. The highest BCUT2D eigenvalue weighted by atomic mass is 19.1. The van der Waals surface area contributed by atoms with Crippen molar-refractivity contribution < 1.29 is 9.50 Å². The van der Waals surface area contributed by atoms with Gasteiger partial charge in [0.2, 0.25) is 0 Å². The predicted molar refractivity (Wildman–Crippen MR) is 42.1 cm³/mol. The van der Waals surface area contributed by atoms with E-state index in [0.29, 0.717) is 11.8 Å². The van der Waals surface area contributed by atoms with Gasteiger partial charge in [0.25, 0.3) is 0 Å². The first-order valence-corrected chi connectivity index (χ1v) is 4.03. The Labute approximate surface area is 70.1 Å². The lowest BCUT2D eigenvalue weighted by Gasteiger charge is -1.96. The van der Waals surface area contributed by atoms with Crippen molar-refractivity contribution >= 4 is 0 Å². The fourth-order valence-corrected chi connectivity index (χ4v) is 1.42. The van der Waals surface area contributed by atoms with Crippen molar-refractivity contribution in [3.05, 3.63) is 29.8 Å². The molecule has 1 heterocycles. The Balaban J connectivity index is 2.10. The molecule has 3 heteroatoms. The van der Waals surface area contributed by atoms with Crippen molar-refractivity contribution in [2.45, 2.75) is 12.3 Å². The molecular weight excluding hydrogens is 157 g/mol. The van der Waals surface area contributed by atoms with Crippen LogP contribution in [0.15, 0.2) is 18.3 Å². The molecule has 0 bridgehead atoms. The van der Waals surface area contributed by atoms with Crippen LogP contribution in [0.1, 0.15) is 18.0 Å². The first-order chi connectivity index (χ1) is 5.81. The zero-order valence-electron chi connectivity index (χ0n) is 6.57. The van der Waals surface area contributed by atoms with Gasteiger partial charge in [0.15, 0.2) is 0 Å². The fraction of sp³-hybridized carbons (Fsp3) is 0.444. The quantitative estimate of drug-likeness (QED) is 0.720. The Kier molecular flexibility index (Phi) is 1.81. The molecule has 12 heavy (non-hydrogen) atoms. The SMILES string of the molecule is OCC1CC1c1ccc(F)cn1. The molecule has 1 aromatic rings. The van der Waals surface area contributed by atoms with Gasteiger partial charge in [-0.15, -0.1) is 0 Å². The van der Waals surface area contributed by atoms with E-state index in [1.54, 1.807) is 6.07 Å². The van der Waals surface area contributed by atoms with Crippen molar-refractivity contribution in [1.82, 2.24) is 4.98 Å². The van der Waals surface area contributed by atoms with Crippen LogP contribution in [0.5, 0.6) is 0 Å². The summed E-state index contributed by atoms with van der Waals surface area (Å²) in [6.45, 7) is 0.212. The van der Waals surface area contributed by atoms with E-state index in [0.717, 1.165) is 12.1 Å². The van der Waals surface area contributed by atoms with E-state index in [9.17, 15) is 4.39 Å². The topological polar surface area (TPSA) is 33.1 Å². The van der Waals surface area contributed by atoms with Gasteiger partial charge in [-0.25, -0.2) is 4.39 Å². The van der Waals surface area contributed by atoms with Crippen molar-refractivity contribution in [3.8, 4) is 0 Å². The molecule has 0 amide bonds. The van der Waals surface area contributed by atoms with E-state index in [2.05, 4.69) is 4.98 Å². The average Bonchev–Trinajstić information content (AvgIpc) is 2.85. The minimum absolute atomic E-state index is 0.212. The highest BCUT2D eigenvalue weighted by Crippen LogP contribution is 2.45. The molecule has 1 saturated carbocycles. The normalized spacial score (nSPS) is 27.2. The van der Waals surface area contributed by atoms with Gasteiger partial charge in [-0.1, -0.05) is 0 Å². The molecule has 2 nitrogen and oxygen atoms in total. The molecule has 2 unspecified atom stereocenters. The van der Waals surface area contributed by atoms with Crippen molar-refractivity contribution in [1.29, 1.82) is 0 Å². The van der Waals surface area contributed by atoms with Crippen LogP contribution in [-0.4, -0.2) is 16.7 Å². The highest BCUT2D eigenvalue weighted by Gasteiger charge is 2.38. The van der Waals surface area contributed by atoms with Crippen LogP contribution >= 0.6 is 0 Å². The van der Waals surface area contributed by atoms with E-state index in [-0.39, 0.29) is 12.4 Å². The molecule has 2 rings (SSSR count). The van der Waals surface area contributed by atoms with E-state index in [4.69, 9.17) is 5.11 Å². The molecule has 0 radical (unpaired) electrons. The highest BCUT2D eigenvalue weighted by molar-refractivity contribution is 5.18. The standard InChI is InChI=1S/C9H10FNO/c10-7-1-2-9(11-4-7)8-3-6(8)5-12/h1-2,4,6,8,12H,3,5H2. The zero-order chi connectivity index (χ0) is 8.55. The lowest BCUT2D eigenvalue weighted by atomic mass is 10.2. The number of aromatic nitrogens is 1. The fourth-order valence-electron chi connectivity index (χ4n) is 1.42. The molecule has 0 spiro atoms. The van der Waals surface area contributed by atoms with E-state index in [1.807, 2.05) is 0 Å². The lowest BCUT2D eigenvalue weighted by Crippen LogP contribution is -1.91. The van der Waals surface area contributed by atoms with Crippen LogP contribution < -0.4 is 0 Å². The van der Waals surface area contributed by atoms with E-state index in [1.165, 1.54) is 12.3 Å². The maximum absolute atomic E-state index is 12.4. The maximum atomic E-state index is 12.4. The summed E-state index contributed by atoms with van der Waals surface area (Å²) in [5, 5.41) is 8.79. The van der Waals surface area contributed by atoms with Gasteiger partial charge in [-0.05, 0) is 24.5 Å². The van der Waals surface area contributed by atoms with Crippen LogP contribution in [0.2, 0.25) is 0 Å². The lowest BCUT2D eigenvalue weighted by molar-refractivity contribution is 0.273. The summed E-state index contributed by atoms with van der Waals surface area (Å²) in [5.41, 5.74) is 0.899. The second-order valence-corrected chi connectivity index (χ2v) is 3.19. The van der Waals surface area contributed by atoms with Gasteiger partial charge in [0.05, 0.1) is 6.20 Å². The molecule has 1 N–H and O–H groups in total. The second kappa shape index (κ2) is 2.83. The van der Waals surface area contributed by atoms with Crippen LogP contribution in [0, 0.1) is 11.7 Å². The van der Waals surface area contributed by atoms with Gasteiger partial charge in [-0.3, -0.25) is 4.98 Å². The molecule has 1 fully saturated rings. The number of aliphatic hydroxyl groups is 1. The minimum Gasteiger partial charge on any atom is -0.396 e. The summed E-state index contributed by atoms with van der Waals surface area (Å²) in [5.74, 6) is 0.401. The first-order valence-electron chi connectivity index (χ1n) is 4.03. The van der Waals surface area contributed by atoms with Gasteiger partial charge in [0, 0.05) is 18.2 Å². The van der Waals surface area contributed by atoms with Crippen LogP contribution in [0.4, 0.5) is 4.39 Å². The molecule has 2 atom stereocenters. The number of pyridine rings is 1. The predicted octanol–water partition coefficient (Wildman–Crippen LogP) is 1.32. The van der Waals surface area contributed by atoms with Gasteiger partial charge >= 0.3 is 0 Å². The first kappa shape index (κ1) is 7.68. The molecule has 1 aliphatic rings. The van der Waals surface area contributed by atoms with Gasteiger partial charge < -0.3 is 5.11 Å². The Morgan fingerprint density at radius 1 is 1.58 bits per heavy atom. The number of nitrogens with zero attached hydrogens (tertiary/aromatic N) is 1.